The molecule has 0 saturated heterocycles. The number of ketones is 1. The number of aliphatic hydroxyl groups is 1. The first-order chi connectivity index (χ1) is 14.5. The number of hydrogen-bond donors (Lipinski definition) is 1. The lowest BCUT2D eigenvalue weighted by Gasteiger charge is -2.48. The number of Topliss-reactive ketones (excluding diaryl/α,β-unsaturated/α-hetero) is 1. The first-order valence-electron chi connectivity index (χ1n) is 13.0. The van der Waals surface area contributed by atoms with Crippen molar-refractivity contribution in [3.05, 3.63) is 24.3 Å². The molecule has 3 rings (SSSR count). The van der Waals surface area contributed by atoms with E-state index in [1.54, 1.807) is 0 Å². The maximum absolute atomic E-state index is 13.2. The van der Waals surface area contributed by atoms with E-state index in [0.29, 0.717) is 35.9 Å². The molecule has 0 heterocycles. The van der Waals surface area contributed by atoms with E-state index >= 15 is 0 Å². The number of fused-ring (bicyclic) bond motifs is 2. The Bertz CT molecular complexity index is 691. The average molecular weight is 429 g/mol. The summed E-state index contributed by atoms with van der Waals surface area (Å²) in [7, 11) is 0. The van der Waals surface area contributed by atoms with Gasteiger partial charge in [-0.25, -0.2) is 0 Å². The predicted octanol–water partition coefficient (Wildman–Crippen LogP) is 7.51. The van der Waals surface area contributed by atoms with Gasteiger partial charge in [0.1, 0.15) is 5.78 Å². The van der Waals surface area contributed by atoms with Crippen molar-refractivity contribution in [2.24, 2.45) is 40.4 Å². The summed E-state index contributed by atoms with van der Waals surface area (Å²) in [6.45, 7) is 20.6. The van der Waals surface area contributed by atoms with Crippen molar-refractivity contribution in [1.82, 2.24) is 0 Å². The van der Waals surface area contributed by atoms with E-state index in [9.17, 15) is 9.90 Å². The molecule has 3 saturated carbocycles. The number of aliphatic hydroxyl groups excluding tert-OH is 1. The van der Waals surface area contributed by atoms with E-state index in [1.807, 2.05) is 0 Å². The van der Waals surface area contributed by atoms with Crippen molar-refractivity contribution in [3.63, 3.8) is 0 Å². The Balaban J connectivity index is 1.78. The van der Waals surface area contributed by atoms with E-state index in [-0.39, 0.29) is 22.9 Å². The summed E-state index contributed by atoms with van der Waals surface area (Å²) in [5, 5.41) is 10.3. The van der Waals surface area contributed by atoms with Crippen LogP contribution in [0.25, 0.3) is 0 Å². The monoisotopic (exact) mass is 428 g/mol. The number of hydrogen-bond acceptors (Lipinski definition) is 2. The van der Waals surface area contributed by atoms with Gasteiger partial charge in [0, 0.05) is 12.8 Å². The Labute approximate surface area is 192 Å². The van der Waals surface area contributed by atoms with E-state index in [2.05, 4.69) is 47.8 Å². The van der Waals surface area contributed by atoms with Crippen molar-refractivity contribution in [2.75, 3.05) is 0 Å². The molecule has 0 aromatic carbocycles. The fourth-order valence-corrected chi connectivity index (χ4v) is 7.39. The lowest BCUT2D eigenvalue weighted by atomic mass is 9.57. The zero-order chi connectivity index (χ0) is 23.0. The Morgan fingerprint density at radius 3 is 2.45 bits per heavy atom. The summed E-state index contributed by atoms with van der Waals surface area (Å²) >= 11 is 0. The van der Waals surface area contributed by atoms with E-state index in [4.69, 9.17) is 0 Å². The van der Waals surface area contributed by atoms with Crippen LogP contribution in [-0.4, -0.2) is 17.0 Å². The summed E-state index contributed by atoms with van der Waals surface area (Å²) in [6.07, 6.45) is 10.8. The molecule has 1 N–H and O–H groups in total. The molecular weight excluding hydrogens is 380 g/mol. The smallest absolute Gasteiger partial charge is 0.133 e. The average Bonchev–Trinajstić information content (AvgIpc) is 3.02. The van der Waals surface area contributed by atoms with Gasteiger partial charge in [-0.1, -0.05) is 58.9 Å². The summed E-state index contributed by atoms with van der Waals surface area (Å²) in [5.41, 5.74) is 2.95. The fraction of sp³-hybridized carbons (Fsp3) is 0.828. The minimum atomic E-state index is -0.246. The molecule has 0 aromatic heterocycles. The van der Waals surface area contributed by atoms with Crippen molar-refractivity contribution in [2.45, 2.75) is 111 Å². The highest BCUT2D eigenvalue weighted by Crippen LogP contribution is 2.58. The maximum Gasteiger partial charge on any atom is 0.133 e. The summed E-state index contributed by atoms with van der Waals surface area (Å²) in [4.78, 5) is 13.2. The molecule has 0 spiro atoms. The molecule has 3 fully saturated rings. The largest absolute Gasteiger partial charge is 0.393 e. The van der Waals surface area contributed by atoms with Gasteiger partial charge in [0.05, 0.1) is 6.10 Å². The molecule has 31 heavy (non-hydrogen) atoms. The van der Waals surface area contributed by atoms with Crippen LogP contribution in [0, 0.1) is 40.4 Å². The molecular formula is C29H48O2. The van der Waals surface area contributed by atoms with Crippen molar-refractivity contribution in [1.29, 1.82) is 0 Å². The highest BCUT2D eigenvalue weighted by Gasteiger charge is 2.50. The van der Waals surface area contributed by atoms with E-state index in [0.717, 1.165) is 44.9 Å². The third-order valence-electron chi connectivity index (χ3n) is 10.2. The fourth-order valence-electron chi connectivity index (χ4n) is 7.39. The van der Waals surface area contributed by atoms with Crippen LogP contribution < -0.4 is 0 Å². The van der Waals surface area contributed by atoms with Crippen LogP contribution in [0.4, 0.5) is 0 Å². The second-order valence-electron chi connectivity index (χ2n) is 12.3. The van der Waals surface area contributed by atoms with Crippen LogP contribution in [0.15, 0.2) is 24.3 Å². The lowest BCUT2D eigenvalue weighted by molar-refractivity contribution is -0.124. The molecule has 0 bridgehead atoms. The van der Waals surface area contributed by atoms with Gasteiger partial charge in [0.2, 0.25) is 0 Å². The molecule has 0 radical (unpaired) electrons. The molecule has 0 amide bonds. The highest BCUT2D eigenvalue weighted by molar-refractivity contribution is 5.79. The van der Waals surface area contributed by atoms with Gasteiger partial charge in [0.25, 0.3) is 0 Å². The van der Waals surface area contributed by atoms with Crippen LogP contribution in [0.3, 0.4) is 0 Å². The molecule has 3 aliphatic rings. The topological polar surface area (TPSA) is 37.3 Å². The number of carbonyl (C=O) groups is 1. The van der Waals surface area contributed by atoms with Gasteiger partial charge in [-0.2, -0.15) is 0 Å². The number of carbonyl (C=O) groups excluding carboxylic acids is 1. The summed E-state index contributed by atoms with van der Waals surface area (Å²) in [5.74, 6) is 3.12. The van der Waals surface area contributed by atoms with Gasteiger partial charge in [-0.3, -0.25) is 4.79 Å². The molecule has 7 atom stereocenters. The third-order valence-corrected chi connectivity index (χ3v) is 10.2. The third kappa shape index (κ3) is 5.05. The Morgan fingerprint density at radius 2 is 1.77 bits per heavy atom. The van der Waals surface area contributed by atoms with Gasteiger partial charge >= 0.3 is 0 Å². The highest BCUT2D eigenvalue weighted by atomic mass is 16.3. The molecule has 0 aliphatic heterocycles. The Morgan fingerprint density at radius 1 is 1.10 bits per heavy atom. The molecule has 3 aliphatic carbocycles. The minimum absolute atomic E-state index is 0.00676. The SMILES string of the molecule is C=C(CCC(C)C1CCC2CC(=O)CC3CC(O)CCC3(C)C(=C)CCC21C)C(C)C. The quantitative estimate of drug-likeness (QED) is 0.460. The first-order valence-corrected chi connectivity index (χ1v) is 13.0. The molecule has 2 heteroatoms. The molecule has 2 nitrogen and oxygen atoms in total. The summed E-state index contributed by atoms with van der Waals surface area (Å²) < 4.78 is 0. The van der Waals surface area contributed by atoms with Crippen LogP contribution in [0.2, 0.25) is 0 Å². The zero-order valence-electron chi connectivity index (χ0n) is 21.0. The van der Waals surface area contributed by atoms with Crippen molar-refractivity contribution in [3.8, 4) is 0 Å². The van der Waals surface area contributed by atoms with Gasteiger partial charge in [-0.15, -0.1) is 0 Å². The maximum atomic E-state index is 13.2. The van der Waals surface area contributed by atoms with Crippen molar-refractivity contribution >= 4 is 5.78 Å². The lowest BCUT2D eigenvalue weighted by Crippen LogP contribution is -2.41. The van der Waals surface area contributed by atoms with Gasteiger partial charge < -0.3 is 5.11 Å². The first kappa shape index (κ1) is 24.7. The van der Waals surface area contributed by atoms with E-state index < -0.39 is 0 Å². The van der Waals surface area contributed by atoms with Crippen molar-refractivity contribution < 1.29 is 9.90 Å². The second kappa shape index (κ2) is 9.54. The van der Waals surface area contributed by atoms with Gasteiger partial charge in [0.15, 0.2) is 0 Å². The summed E-state index contributed by atoms with van der Waals surface area (Å²) in [6, 6.07) is 0. The molecule has 0 aromatic rings. The van der Waals surface area contributed by atoms with Crippen LogP contribution in [-0.2, 0) is 4.79 Å². The Kier molecular flexibility index (Phi) is 7.61. The van der Waals surface area contributed by atoms with Crippen LogP contribution in [0.1, 0.15) is 105 Å². The van der Waals surface area contributed by atoms with E-state index in [1.165, 1.54) is 30.4 Å². The minimum Gasteiger partial charge on any atom is -0.393 e. The normalized spacial score (nSPS) is 40.4. The van der Waals surface area contributed by atoms with Crippen LogP contribution >= 0.6 is 0 Å². The molecule has 176 valence electrons. The molecule has 7 unspecified atom stereocenters. The second-order valence-corrected chi connectivity index (χ2v) is 12.3. The predicted molar refractivity (Wildman–Crippen MR) is 131 cm³/mol. The van der Waals surface area contributed by atoms with Crippen LogP contribution in [0.5, 0.6) is 0 Å². The standard InChI is InChI=1S/C29H48O2/c1-19(2)20(3)8-9-21(4)27-11-10-23-16-26(31)18-24-17-25(30)13-15-28(24,6)22(5)12-14-29(23,27)7/h19,21,23-25,27,30H,3,5,8-18H2,1-2,4,6-7H3. The van der Waals surface area contributed by atoms with Gasteiger partial charge in [-0.05, 0) is 98.2 Å². The zero-order valence-corrected chi connectivity index (χ0v) is 21.0. The Hall–Kier alpha value is -0.890. The number of allylic oxidation sites excluding steroid dienone is 2. The number of rotatable bonds is 5.